The summed E-state index contributed by atoms with van der Waals surface area (Å²) in [5.74, 6) is 0. The van der Waals surface area contributed by atoms with Gasteiger partial charge in [-0.25, -0.2) is 0 Å². The van der Waals surface area contributed by atoms with Gasteiger partial charge in [0.15, 0.2) is 0 Å². The molecule has 0 saturated carbocycles. The number of para-hydroxylation sites is 1. The standard InChI is InChI=1S/C16H23N3.2ClH/c1-3-15(19-10-8-17-9-11-19)14-12-18(2)16-7-5-4-6-13(14)16;;/h4-7,12,15,17H,3,8-11H2,1-2H3;2*1H/t15-;;/m0../s1. The largest absolute Gasteiger partial charge is 0.350 e. The van der Waals surface area contributed by atoms with Gasteiger partial charge in [0.2, 0.25) is 0 Å². The molecule has 1 aromatic heterocycles. The SMILES string of the molecule is CC[C@@H](c1cn(C)c2ccccc12)N1CCNCC1.Cl.Cl. The molecule has 1 aliphatic heterocycles. The molecule has 21 heavy (non-hydrogen) atoms. The minimum atomic E-state index is 0. The van der Waals surface area contributed by atoms with Crippen LogP contribution in [0.25, 0.3) is 10.9 Å². The fourth-order valence-corrected chi connectivity index (χ4v) is 3.31. The molecule has 3 rings (SSSR count). The van der Waals surface area contributed by atoms with Crippen LogP contribution in [0.3, 0.4) is 0 Å². The number of aromatic nitrogens is 1. The van der Waals surface area contributed by atoms with Gasteiger partial charge in [-0.05, 0) is 18.1 Å². The highest BCUT2D eigenvalue weighted by Crippen LogP contribution is 2.31. The maximum atomic E-state index is 3.44. The molecule has 5 heteroatoms. The van der Waals surface area contributed by atoms with Crippen molar-refractivity contribution in [2.24, 2.45) is 7.05 Å². The Morgan fingerprint density at radius 1 is 1.14 bits per heavy atom. The molecule has 3 nitrogen and oxygen atoms in total. The van der Waals surface area contributed by atoms with Crippen molar-refractivity contribution in [2.75, 3.05) is 26.2 Å². The molecule has 0 bridgehead atoms. The van der Waals surface area contributed by atoms with Gasteiger partial charge in [-0.15, -0.1) is 24.8 Å². The molecule has 0 aliphatic carbocycles. The molecule has 1 N–H and O–H groups in total. The van der Waals surface area contributed by atoms with Crippen molar-refractivity contribution in [3.05, 3.63) is 36.0 Å². The predicted octanol–water partition coefficient (Wildman–Crippen LogP) is 3.38. The van der Waals surface area contributed by atoms with E-state index in [0.29, 0.717) is 6.04 Å². The molecular weight excluding hydrogens is 305 g/mol. The number of hydrogen-bond donors (Lipinski definition) is 1. The summed E-state index contributed by atoms with van der Waals surface area (Å²) in [7, 11) is 2.15. The average molecular weight is 330 g/mol. The minimum Gasteiger partial charge on any atom is -0.350 e. The van der Waals surface area contributed by atoms with Crippen LogP contribution >= 0.6 is 24.8 Å². The number of aryl methyl sites for hydroxylation is 1. The third kappa shape index (κ3) is 3.54. The van der Waals surface area contributed by atoms with Gasteiger partial charge in [-0.1, -0.05) is 25.1 Å². The van der Waals surface area contributed by atoms with Crippen LogP contribution in [0.2, 0.25) is 0 Å². The lowest BCUT2D eigenvalue weighted by Gasteiger charge is -2.34. The lowest BCUT2D eigenvalue weighted by Crippen LogP contribution is -2.45. The van der Waals surface area contributed by atoms with E-state index in [0.717, 1.165) is 26.2 Å². The second-order valence-electron chi connectivity index (χ2n) is 5.42. The summed E-state index contributed by atoms with van der Waals surface area (Å²) in [5.41, 5.74) is 2.83. The van der Waals surface area contributed by atoms with Gasteiger partial charge in [0.05, 0.1) is 0 Å². The fraction of sp³-hybridized carbons (Fsp3) is 0.500. The highest BCUT2D eigenvalue weighted by atomic mass is 35.5. The molecule has 1 aliphatic rings. The zero-order valence-corrected chi connectivity index (χ0v) is 14.3. The molecule has 1 aromatic carbocycles. The number of halogens is 2. The summed E-state index contributed by atoms with van der Waals surface area (Å²) in [6.45, 7) is 6.83. The molecule has 0 radical (unpaired) electrons. The number of rotatable bonds is 3. The first kappa shape index (κ1) is 18.3. The minimum absolute atomic E-state index is 0. The van der Waals surface area contributed by atoms with Gasteiger partial charge in [0.1, 0.15) is 0 Å². The van der Waals surface area contributed by atoms with E-state index in [-0.39, 0.29) is 24.8 Å². The number of nitrogens with one attached hydrogen (secondary N) is 1. The number of nitrogens with zero attached hydrogens (tertiary/aromatic N) is 2. The van der Waals surface area contributed by atoms with E-state index < -0.39 is 0 Å². The van der Waals surface area contributed by atoms with Gasteiger partial charge in [0.25, 0.3) is 0 Å². The van der Waals surface area contributed by atoms with E-state index in [1.807, 2.05) is 0 Å². The van der Waals surface area contributed by atoms with Crippen LogP contribution in [-0.2, 0) is 7.05 Å². The topological polar surface area (TPSA) is 20.2 Å². The Morgan fingerprint density at radius 2 is 1.81 bits per heavy atom. The first-order valence-corrected chi connectivity index (χ1v) is 7.30. The monoisotopic (exact) mass is 329 g/mol. The van der Waals surface area contributed by atoms with Crippen LogP contribution in [0.15, 0.2) is 30.5 Å². The van der Waals surface area contributed by atoms with Gasteiger partial charge < -0.3 is 9.88 Å². The van der Waals surface area contributed by atoms with Crippen LogP contribution in [0, 0.1) is 0 Å². The lowest BCUT2D eigenvalue weighted by atomic mass is 10.0. The predicted molar refractivity (Wildman–Crippen MR) is 94.9 cm³/mol. The van der Waals surface area contributed by atoms with Crippen LogP contribution in [-0.4, -0.2) is 35.6 Å². The van der Waals surface area contributed by atoms with E-state index in [2.05, 4.69) is 59.2 Å². The molecule has 0 unspecified atom stereocenters. The molecule has 1 saturated heterocycles. The van der Waals surface area contributed by atoms with Gasteiger partial charge in [0, 0.05) is 56.4 Å². The number of hydrogen-bond acceptors (Lipinski definition) is 2. The molecule has 2 heterocycles. The molecule has 1 atom stereocenters. The summed E-state index contributed by atoms with van der Waals surface area (Å²) in [4.78, 5) is 2.62. The van der Waals surface area contributed by atoms with Crippen molar-refractivity contribution in [1.82, 2.24) is 14.8 Å². The summed E-state index contributed by atoms with van der Waals surface area (Å²) < 4.78 is 2.26. The quantitative estimate of drug-likeness (QED) is 0.931. The Balaban J connectivity index is 0.00000110. The highest BCUT2D eigenvalue weighted by molar-refractivity contribution is 5.86. The lowest BCUT2D eigenvalue weighted by molar-refractivity contribution is 0.170. The fourth-order valence-electron chi connectivity index (χ4n) is 3.31. The zero-order chi connectivity index (χ0) is 13.2. The average Bonchev–Trinajstić information content (AvgIpc) is 2.79. The Kier molecular flexibility index (Phi) is 7.01. The number of piperazine rings is 1. The maximum Gasteiger partial charge on any atom is 0.0481 e. The second-order valence-corrected chi connectivity index (χ2v) is 5.42. The van der Waals surface area contributed by atoms with E-state index in [1.54, 1.807) is 0 Å². The van der Waals surface area contributed by atoms with E-state index in [9.17, 15) is 0 Å². The first-order chi connectivity index (χ1) is 9.31. The van der Waals surface area contributed by atoms with Crippen LogP contribution < -0.4 is 5.32 Å². The van der Waals surface area contributed by atoms with Crippen molar-refractivity contribution in [3.8, 4) is 0 Å². The van der Waals surface area contributed by atoms with Crippen LogP contribution in [0.5, 0.6) is 0 Å². The van der Waals surface area contributed by atoms with Crippen molar-refractivity contribution < 1.29 is 0 Å². The third-order valence-electron chi connectivity index (χ3n) is 4.27. The van der Waals surface area contributed by atoms with E-state index >= 15 is 0 Å². The Bertz CT molecular complexity index is 562. The number of fused-ring (bicyclic) bond motifs is 1. The summed E-state index contributed by atoms with van der Waals surface area (Å²) >= 11 is 0. The van der Waals surface area contributed by atoms with Gasteiger partial charge in [-0.3, -0.25) is 4.90 Å². The molecule has 118 valence electrons. The van der Waals surface area contributed by atoms with Crippen LogP contribution in [0.4, 0.5) is 0 Å². The maximum absolute atomic E-state index is 3.44. The van der Waals surface area contributed by atoms with Crippen molar-refractivity contribution in [2.45, 2.75) is 19.4 Å². The van der Waals surface area contributed by atoms with Crippen molar-refractivity contribution in [3.63, 3.8) is 0 Å². The molecule has 0 spiro atoms. The Labute approximate surface area is 139 Å². The van der Waals surface area contributed by atoms with E-state index in [1.165, 1.54) is 22.9 Å². The molecule has 1 fully saturated rings. The summed E-state index contributed by atoms with van der Waals surface area (Å²) in [6.07, 6.45) is 3.49. The first-order valence-electron chi connectivity index (χ1n) is 7.30. The summed E-state index contributed by atoms with van der Waals surface area (Å²) in [6, 6.07) is 9.29. The smallest absolute Gasteiger partial charge is 0.0481 e. The van der Waals surface area contributed by atoms with Crippen molar-refractivity contribution >= 4 is 35.7 Å². The van der Waals surface area contributed by atoms with E-state index in [4.69, 9.17) is 0 Å². The Morgan fingerprint density at radius 3 is 2.48 bits per heavy atom. The van der Waals surface area contributed by atoms with Crippen molar-refractivity contribution in [1.29, 1.82) is 0 Å². The second kappa shape index (κ2) is 8.04. The number of benzene rings is 1. The molecule has 2 aromatic rings. The third-order valence-corrected chi connectivity index (χ3v) is 4.27. The molecular formula is C16H25Cl2N3. The van der Waals surface area contributed by atoms with Gasteiger partial charge in [-0.2, -0.15) is 0 Å². The summed E-state index contributed by atoms with van der Waals surface area (Å²) in [5, 5.41) is 4.85. The zero-order valence-electron chi connectivity index (χ0n) is 12.7. The van der Waals surface area contributed by atoms with Gasteiger partial charge >= 0.3 is 0 Å². The Hall–Kier alpha value is -0.740. The molecule has 0 amide bonds. The van der Waals surface area contributed by atoms with Crippen LogP contribution in [0.1, 0.15) is 24.9 Å². The normalized spacial score (nSPS) is 17.0. The highest BCUT2D eigenvalue weighted by Gasteiger charge is 2.23.